The van der Waals surface area contributed by atoms with Gasteiger partial charge in [0.2, 0.25) is 0 Å². The van der Waals surface area contributed by atoms with E-state index in [1.807, 2.05) is 41.5 Å². The lowest BCUT2D eigenvalue weighted by Crippen LogP contribution is -2.56. The standard InChI is InChI=1S/C31H56.3C2H6/c1-8-23(21(3)4)14-13-22(5)26-15-16-27-29-24(9-2)20-25-12-10-11-18-30(25,6)28(29)17-19-31(26,27)7;3*1-2/h21-29H,8-20H2,1-7H3;3*1-2H3. The van der Waals surface area contributed by atoms with Crippen molar-refractivity contribution in [3.05, 3.63) is 0 Å². The van der Waals surface area contributed by atoms with E-state index < -0.39 is 0 Å². The fraction of sp³-hybridized carbons (Fsp3) is 1.00. The van der Waals surface area contributed by atoms with Crippen LogP contribution in [0.5, 0.6) is 0 Å². The zero-order chi connectivity index (χ0) is 28.4. The van der Waals surface area contributed by atoms with Crippen LogP contribution in [0.15, 0.2) is 0 Å². The van der Waals surface area contributed by atoms with Gasteiger partial charge < -0.3 is 0 Å². The molecule has 37 heavy (non-hydrogen) atoms. The van der Waals surface area contributed by atoms with Crippen LogP contribution in [-0.4, -0.2) is 0 Å². The maximum Gasteiger partial charge on any atom is -0.0264 e. The predicted molar refractivity (Wildman–Crippen MR) is 170 cm³/mol. The topological polar surface area (TPSA) is 0 Å². The molecule has 0 heterocycles. The summed E-state index contributed by atoms with van der Waals surface area (Å²) in [5.74, 6) is 8.95. The summed E-state index contributed by atoms with van der Waals surface area (Å²) in [4.78, 5) is 0. The average Bonchev–Trinajstić information content (AvgIpc) is 3.28. The molecule has 0 aromatic rings. The van der Waals surface area contributed by atoms with Crippen LogP contribution in [0, 0.1) is 64.1 Å². The van der Waals surface area contributed by atoms with Crippen molar-refractivity contribution in [2.45, 2.75) is 173 Å². The highest BCUT2D eigenvalue weighted by Crippen LogP contribution is 2.69. The molecule has 0 spiro atoms. The molecular weight excluding hydrogens is 444 g/mol. The molecule has 0 heteroatoms. The van der Waals surface area contributed by atoms with Crippen LogP contribution in [0.4, 0.5) is 0 Å². The van der Waals surface area contributed by atoms with Crippen LogP contribution in [0.2, 0.25) is 0 Å². The number of hydrogen-bond acceptors (Lipinski definition) is 0. The molecule has 0 aliphatic heterocycles. The third kappa shape index (κ3) is 7.20. The Hall–Kier alpha value is 0. The fourth-order valence-corrected chi connectivity index (χ4v) is 10.6. The maximum atomic E-state index is 2.78. The zero-order valence-corrected chi connectivity index (χ0v) is 28.4. The minimum absolute atomic E-state index is 0.644. The van der Waals surface area contributed by atoms with Gasteiger partial charge in [-0.25, -0.2) is 0 Å². The van der Waals surface area contributed by atoms with E-state index in [2.05, 4.69) is 48.5 Å². The first kappa shape index (κ1) is 35.0. The van der Waals surface area contributed by atoms with Gasteiger partial charge in [0.1, 0.15) is 0 Å². The zero-order valence-electron chi connectivity index (χ0n) is 28.4. The van der Waals surface area contributed by atoms with E-state index in [4.69, 9.17) is 0 Å². The molecule has 10 unspecified atom stereocenters. The summed E-state index contributed by atoms with van der Waals surface area (Å²) in [7, 11) is 0. The van der Waals surface area contributed by atoms with E-state index in [-0.39, 0.29) is 0 Å². The predicted octanol–water partition coefficient (Wildman–Crippen LogP) is 12.8. The Morgan fingerprint density at radius 2 is 1.32 bits per heavy atom. The molecule has 4 fully saturated rings. The second kappa shape index (κ2) is 16.3. The summed E-state index contributed by atoms with van der Waals surface area (Å²) in [5, 5.41) is 0. The smallest absolute Gasteiger partial charge is 0.0264 e. The lowest BCUT2D eigenvalue weighted by atomic mass is 9.42. The molecule has 0 bridgehead atoms. The molecule has 0 N–H and O–H groups in total. The lowest BCUT2D eigenvalue weighted by Gasteiger charge is -2.63. The normalized spacial score (nSPS) is 39.7. The van der Waals surface area contributed by atoms with Gasteiger partial charge in [0.05, 0.1) is 0 Å². The minimum Gasteiger partial charge on any atom is -0.0683 e. The molecule has 0 saturated heterocycles. The maximum absolute atomic E-state index is 2.78. The Balaban J connectivity index is 0.00000106. The van der Waals surface area contributed by atoms with Crippen molar-refractivity contribution in [1.29, 1.82) is 0 Å². The van der Waals surface area contributed by atoms with E-state index in [1.54, 1.807) is 44.9 Å². The average molecular weight is 519 g/mol. The van der Waals surface area contributed by atoms with Crippen molar-refractivity contribution < 1.29 is 0 Å². The fourth-order valence-electron chi connectivity index (χ4n) is 10.6. The number of rotatable bonds is 7. The summed E-state index contributed by atoms with van der Waals surface area (Å²) in [5.41, 5.74) is 1.33. The first-order valence-corrected chi connectivity index (χ1v) is 17.8. The molecule has 0 amide bonds. The highest BCUT2D eigenvalue weighted by atomic mass is 14.7. The van der Waals surface area contributed by atoms with Crippen LogP contribution < -0.4 is 0 Å². The molecule has 4 saturated carbocycles. The molecule has 10 atom stereocenters. The van der Waals surface area contributed by atoms with Crippen molar-refractivity contribution in [2.75, 3.05) is 0 Å². The van der Waals surface area contributed by atoms with Crippen LogP contribution in [0.25, 0.3) is 0 Å². The Morgan fingerprint density at radius 3 is 1.89 bits per heavy atom. The van der Waals surface area contributed by atoms with Crippen molar-refractivity contribution in [2.24, 2.45) is 64.1 Å². The van der Waals surface area contributed by atoms with Gasteiger partial charge in [0.25, 0.3) is 0 Å². The van der Waals surface area contributed by atoms with Gasteiger partial charge in [-0.1, -0.05) is 122 Å². The summed E-state index contributed by atoms with van der Waals surface area (Å²) in [6.07, 6.45) is 19.7. The summed E-state index contributed by atoms with van der Waals surface area (Å²) >= 11 is 0. The highest BCUT2D eigenvalue weighted by molar-refractivity contribution is 5.11. The van der Waals surface area contributed by atoms with Crippen LogP contribution in [0.1, 0.15) is 173 Å². The largest absolute Gasteiger partial charge is 0.0683 e. The second-order valence-corrected chi connectivity index (χ2v) is 13.8. The highest BCUT2D eigenvalue weighted by Gasteiger charge is 2.62. The van der Waals surface area contributed by atoms with Gasteiger partial charge in [0, 0.05) is 0 Å². The van der Waals surface area contributed by atoms with Gasteiger partial charge >= 0.3 is 0 Å². The van der Waals surface area contributed by atoms with E-state index >= 15 is 0 Å². The van der Waals surface area contributed by atoms with Crippen LogP contribution in [0.3, 0.4) is 0 Å². The van der Waals surface area contributed by atoms with Crippen LogP contribution >= 0.6 is 0 Å². The Labute approximate surface area is 237 Å². The lowest BCUT2D eigenvalue weighted by molar-refractivity contribution is -0.141. The number of hydrogen-bond donors (Lipinski definition) is 0. The quantitative estimate of drug-likeness (QED) is 0.314. The second-order valence-electron chi connectivity index (χ2n) is 13.8. The molecule has 0 nitrogen and oxygen atoms in total. The minimum atomic E-state index is 0.644. The first-order valence-electron chi connectivity index (χ1n) is 17.8. The van der Waals surface area contributed by atoms with Crippen molar-refractivity contribution in [3.63, 3.8) is 0 Å². The molecule has 0 aromatic carbocycles. The van der Waals surface area contributed by atoms with Crippen molar-refractivity contribution >= 4 is 0 Å². The monoisotopic (exact) mass is 519 g/mol. The Morgan fingerprint density at radius 1 is 0.703 bits per heavy atom. The van der Waals surface area contributed by atoms with Gasteiger partial charge in [-0.3, -0.25) is 0 Å². The molecule has 4 aliphatic carbocycles. The summed E-state index contributed by atoms with van der Waals surface area (Å²) in [6.45, 7) is 30.0. The van der Waals surface area contributed by atoms with Crippen molar-refractivity contribution in [3.8, 4) is 0 Å². The van der Waals surface area contributed by atoms with E-state index in [1.165, 1.54) is 38.5 Å². The van der Waals surface area contributed by atoms with E-state index in [0.717, 1.165) is 53.3 Å². The third-order valence-corrected chi connectivity index (χ3v) is 12.5. The van der Waals surface area contributed by atoms with Gasteiger partial charge in [0.15, 0.2) is 0 Å². The summed E-state index contributed by atoms with van der Waals surface area (Å²) in [6, 6.07) is 0. The SMILES string of the molecule is CC.CC.CC.CCC(CCC(C)C1CCC2C3C(CC)CC4CCCCC4(C)C3CCC12C)C(C)C. The van der Waals surface area contributed by atoms with E-state index in [9.17, 15) is 0 Å². The Kier molecular flexibility index (Phi) is 15.4. The summed E-state index contributed by atoms with van der Waals surface area (Å²) < 4.78 is 0. The van der Waals surface area contributed by atoms with Crippen molar-refractivity contribution in [1.82, 2.24) is 0 Å². The van der Waals surface area contributed by atoms with Crippen LogP contribution in [-0.2, 0) is 0 Å². The Bertz CT molecular complexity index is 591. The van der Waals surface area contributed by atoms with Gasteiger partial charge in [-0.15, -0.1) is 0 Å². The molecule has 0 radical (unpaired) electrons. The van der Waals surface area contributed by atoms with Gasteiger partial charge in [-0.2, -0.15) is 0 Å². The first-order chi connectivity index (χ1) is 17.8. The molecule has 4 aliphatic rings. The third-order valence-electron chi connectivity index (χ3n) is 12.5. The van der Waals surface area contributed by atoms with E-state index in [0.29, 0.717) is 10.8 Å². The molecule has 4 rings (SSSR count). The van der Waals surface area contributed by atoms with Gasteiger partial charge in [-0.05, 0) is 115 Å². The molecular formula is C37H74. The molecule has 222 valence electrons. The number of fused-ring (bicyclic) bond motifs is 5. The molecule has 0 aromatic heterocycles.